The summed E-state index contributed by atoms with van der Waals surface area (Å²) >= 11 is 0. The van der Waals surface area contributed by atoms with Crippen LogP contribution < -0.4 is 16.5 Å². The average molecular weight is 317 g/mol. The van der Waals surface area contributed by atoms with Gasteiger partial charge in [-0.25, -0.2) is 4.79 Å². The maximum atomic E-state index is 12.6. The van der Waals surface area contributed by atoms with Crippen molar-refractivity contribution in [2.45, 2.75) is 25.8 Å². The first-order valence-corrected chi connectivity index (χ1v) is 7.28. The molecule has 2 rings (SSSR count). The van der Waals surface area contributed by atoms with Gasteiger partial charge >= 0.3 is 5.97 Å². The van der Waals surface area contributed by atoms with Crippen LogP contribution in [-0.4, -0.2) is 27.6 Å². The van der Waals surface area contributed by atoms with E-state index in [9.17, 15) is 14.4 Å². The van der Waals surface area contributed by atoms with Gasteiger partial charge < -0.3 is 20.7 Å². The van der Waals surface area contributed by atoms with Crippen molar-refractivity contribution in [1.29, 1.82) is 0 Å². The number of aromatic nitrogens is 1. The number of fused-ring (bicyclic) bond motifs is 1. The maximum absolute atomic E-state index is 12.6. The van der Waals surface area contributed by atoms with E-state index < -0.39 is 23.3 Å². The number of aliphatic carboxylic acids is 1. The largest absolute Gasteiger partial charge is 0.480 e. The number of nitrogens with one attached hydrogen (secondary N) is 1. The highest BCUT2D eigenvalue weighted by atomic mass is 16.4. The minimum atomic E-state index is -1.13. The van der Waals surface area contributed by atoms with Gasteiger partial charge in [0.25, 0.3) is 5.91 Å². The maximum Gasteiger partial charge on any atom is 0.326 e. The summed E-state index contributed by atoms with van der Waals surface area (Å²) in [6.45, 7) is 1.82. The molecule has 1 aromatic carbocycles. The Balaban J connectivity index is 2.50. The molecule has 0 saturated heterocycles. The van der Waals surface area contributed by atoms with Crippen LogP contribution in [-0.2, 0) is 11.8 Å². The van der Waals surface area contributed by atoms with Crippen LogP contribution in [0.25, 0.3) is 10.9 Å². The molecule has 7 heteroatoms. The molecule has 1 amide bonds. The zero-order valence-corrected chi connectivity index (χ0v) is 13.0. The first kappa shape index (κ1) is 16.5. The fourth-order valence-corrected chi connectivity index (χ4v) is 2.50. The lowest BCUT2D eigenvalue weighted by molar-refractivity contribution is -0.139. The van der Waals surface area contributed by atoms with Crippen molar-refractivity contribution in [1.82, 2.24) is 9.88 Å². The minimum absolute atomic E-state index is 0.125. The van der Waals surface area contributed by atoms with Crippen molar-refractivity contribution < 1.29 is 14.7 Å². The Morgan fingerprint density at radius 1 is 1.39 bits per heavy atom. The molecule has 1 aromatic heterocycles. The standard InChI is InChI=1S/C16H19N3O4/c1-3-5-11(16(22)23)18-15(21)9-8-19(2)12-7-4-6-10(17)13(12)14(9)20/h4,6-8,11H,3,5,17H2,1-2H3,(H,18,21)(H,22,23). The number of amides is 1. The van der Waals surface area contributed by atoms with Crippen LogP contribution in [0.1, 0.15) is 30.1 Å². The number of carboxylic acid groups (broad SMARTS) is 1. The molecular formula is C16H19N3O4. The lowest BCUT2D eigenvalue weighted by Gasteiger charge is -2.15. The van der Waals surface area contributed by atoms with E-state index in [0.717, 1.165) is 0 Å². The molecule has 0 aliphatic rings. The number of hydrogen-bond acceptors (Lipinski definition) is 4. The molecule has 122 valence electrons. The van der Waals surface area contributed by atoms with Gasteiger partial charge in [-0.1, -0.05) is 19.4 Å². The molecule has 1 unspecified atom stereocenters. The average Bonchev–Trinajstić information content (AvgIpc) is 2.50. The van der Waals surface area contributed by atoms with Crippen LogP contribution in [0.15, 0.2) is 29.2 Å². The third-order valence-electron chi connectivity index (χ3n) is 3.67. The van der Waals surface area contributed by atoms with Crippen LogP contribution >= 0.6 is 0 Å². The molecule has 23 heavy (non-hydrogen) atoms. The van der Waals surface area contributed by atoms with Gasteiger partial charge in [-0.3, -0.25) is 9.59 Å². The predicted molar refractivity (Wildman–Crippen MR) is 87.4 cm³/mol. The number of anilines is 1. The molecule has 0 saturated carbocycles. The second-order valence-corrected chi connectivity index (χ2v) is 5.38. The van der Waals surface area contributed by atoms with E-state index in [2.05, 4.69) is 5.32 Å². The summed E-state index contributed by atoms with van der Waals surface area (Å²) in [4.78, 5) is 36.0. The molecule has 1 heterocycles. The van der Waals surface area contributed by atoms with E-state index in [4.69, 9.17) is 10.8 Å². The Bertz CT molecular complexity index is 826. The Kier molecular flexibility index (Phi) is 4.68. The van der Waals surface area contributed by atoms with Crippen molar-refractivity contribution in [3.8, 4) is 0 Å². The zero-order valence-electron chi connectivity index (χ0n) is 13.0. The van der Waals surface area contributed by atoms with E-state index in [-0.39, 0.29) is 23.1 Å². The van der Waals surface area contributed by atoms with Crippen molar-refractivity contribution >= 4 is 28.5 Å². The molecule has 7 nitrogen and oxygen atoms in total. The number of hydrogen-bond donors (Lipinski definition) is 3. The van der Waals surface area contributed by atoms with Crippen molar-refractivity contribution in [2.24, 2.45) is 7.05 Å². The quantitative estimate of drug-likeness (QED) is 0.715. The van der Waals surface area contributed by atoms with Crippen molar-refractivity contribution in [3.05, 3.63) is 40.2 Å². The molecule has 0 spiro atoms. The summed E-state index contributed by atoms with van der Waals surface area (Å²) in [6.07, 6.45) is 2.28. The van der Waals surface area contributed by atoms with Gasteiger partial charge in [-0.05, 0) is 18.6 Å². The molecule has 0 bridgehead atoms. The fourth-order valence-electron chi connectivity index (χ4n) is 2.50. The molecule has 0 fully saturated rings. The lowest BCUT2D eigenvalue weighted by atomic mass is 10.1. The van der Waals surface area contributed by atoms with Crippen LogP contribution in [0.4, 0.5) is 5.69 Å². The summed E-state index contributed by atoms with van der Waals surface area (Å²) in [5, 5.41) is 11.8. The summed E-state index contributed by atoms with van der Waals surface area (Å²) in [7, 11) is 1.69. The van der Waals surface area contributed by atoms with Crippen LogP contribution in [0, 0.1) is 0 Å². The molecule has 0 radical (unpaired) electrons. The highest BCUT2D eigenvalue weighted by molar-refractivity contribution is 6.01. The smallest absolute Gasteiger partial charge is 0.326 e. The Labute approximate surface area is 132 Å². The van der Waals surface area contributed by atoms with Gasteiger partial charge in [-0.2, -0.15) is 0 Å². The number of benzene rings is 1. The van der Waals surface area contributed by atoms with Crippen LogP contribution in [0.2, 0.25) is 0 Å². The Morgan fingerprint density at radius 2 is 2.09 bits per heavy atom. The lowest BCUT2D eigenvalue weighted by Crippen LogP contribution is -2.42. The SMILES string of the molecule is CCCC(NC(=O)c1cn(C)c2cccc(N)c2c1=O)C(=O)O. The summed E-state index contributed by atoms with van der Waals surface area (Å²) < 4.78 is 1.62. The number of carbonyl (C=O) groups is 2. The van der Waals surface area contributed by atoms with Gasteiger partial charge in [0.05, 0.1) is 10.9 Å². The van der Waals surface area contributed by atoms with E-state index in [1.807, 2.05) is 6.92 Å². The van der Waals surface area contributed by atoms with Gasteiger partial charge in [0.1, 0.15) is 11.6 Å². The normalized spacial score (nSPS) is 12.1. The molecule has 0 aliphatic carbocycles. The number of nitrogen functional groups attached to an aromatic ring is 1. The zero-order chi connectivity index (χ0) is 17.1. The number of carbonyl (C=O) groups excluding carboxylic acids is 1. The topological polar surface area (TPSA) is 114 Å². The summed E-state index contributed by atoms with van der Waals surface area (Å²) in [5.41, 5.74) is 6.11. The van der Waals surface area contributed by atoms with Gasteiger partial charge in [0, 0.05) is 18.9 Å². The molecule has 1 atom stereocenters. The number of nitrogens with two attached hydrogens (primary N) is 1. The Hall–Kier alpha value is -2.83. The number of carboxylic acids is 1. The van der Waals surface area contributed by atoms with Gasteiger partial charge in [0.15, 0.2) is 0 Å². The van der Waals surface area contributed by atoms with Gasteiger partial charge in [0.2, 0.25) is 5.43 Å². The van der Waals surface area contributed by atoms with Crippen LogP contribution in [0.3, 0.4) is 0 Å². The fraction of sp³-hybridized carbons (Fsp3) is 0.312. The summed E-state index contributed by atoms with van der Waals surface area (Å²) in [5.74, 6) is -1.84. The van der Waals surface area contributed by atoms with Crippen molar-refractivity contribution in [2.75, 3.05) is 5.73 Å². The third kappa shape index (κ3) is 3.18. The number of rotatable bonds is 5. The van der Waals surface area contributed by atoms with E-state index in [1.165, 1.54) is 6.20 Å². The first-order chi connectivity index (χ1) is 10.9. The second kappa shape index (κ2) is 6.51. The van der Waals surface area contributed by atoms with Crippen molar-refractivity contribution in [3.63, 3.8) is 0 Å². The summed E-state index contributed by atoms with van der Waals surface area (Å²) in [6, 6.07) is 4.01. The monoisotopic (exact) mass is 317 g/mol. The predicted octanol–water partition coefficient (Wildman–Crippen LogP) is 1.10. The molecular weight excluding hydrogens is 298 g/mol. The van der Waals surface area contributed by atoms with Crippen LogP contribution in [0.5, 0.6) is 0 Å². The Morgan fingerprint density at radius 3 is 2.70 bits per heavy atom. The third-order valence-corrected chi connectivity index (χ3v) is 3.67. The first-order valence-electron chi connectivity index (χ1n) is 7.28. The van der Waals surface area contributed by atoms with Gasteiger partial charge in [-0.15, -0.1) is 0 Å². The molecule has 0 aliphatic heterocycles. The van der Waals surface area contributed by atoms with E-state index in [0.29, 0.717) is 11.9 Å². The highest BCUT2D eigenvalue weighted by Gasteiger charge is 2.22. The second-order valence-electron chi connectivity index (χ2n) is 5.38. The molecule has 2 aromatic rings. The minimum Gasteiger partial charge on any atom is -0.480 e. The number of nitrogens with zero attached hydrogens (tertiary/aromatic N) is 1. The van der Waals surface area contributed by atoms with E-state index in [1.54, 1.807) is 29.8 Å². The number of pyridine rings is 1. The number of aryl methyl sites for hydroxylation is 1. The molecule has 4 N–H and O–H groups in total. The highest BCUT2D eigenvalue weighted by Crippen LogP contribution is 2.17. The van der Waals surface area contributed by atoms with E-state index >= 15 is 0 Å².